The van der Waals surface area contributed by atoms with E-state index < -0.39 is 0 Å². The molecule has 0 aliphatic carbocycles. The summed E-state index contributed by atoms with van der Waals surface area (Å²) >= 11 is 0. The maximum atomic E-state index is 5.60. The Bertz CT molecular complexity index is 1750. The average Bonchev–Trinajstić information content (AvgIpc) is 3.13. The van der Waals surface area contributed by atoms with Crippen LogP contribution in [0.5, 0.6) is 0 Å². The first-order valence-electron chi connectivity index (χ1n) is 16.8. The minimum atomic E-state index is 0.679. The second-order valence-corrected chi connectivity index (χ2v) is 11.5. The Morgan fingerprint density at radius 1 is 0.511 bits per heavy atom. The van der Waals surface area contributed by atoms with Crippen LogP contribution < -0.4 is 15.1 Å². The van der Waals surface area contributed by atoms with Crippen molar-refractivity contribution in [2.24, 2.45) is 0 Å². The molecule has 0 fully saturated rings. The molecular weight excluding hydrogens is 574 g/mol. The Hall–Kier alpha value is -5.19. The maximum Gasteiger partial charge on any atom is 0.0638 e. The summed E-state index contributed by atoms with van der Waals surface area (Å²) in [5, 5.41) is 6.03. The zero-order valence-corrected chi connectivity index (χ0v) is 27.7. The predicted molar refractivity (Wildman–Crippen MR) is 201 cm³/mol. The van der Waals surface area contributed by atoms with E-state index in [0.717, 1.165) is 31.9 Å². The zero-order valence-electron chi connectivity index (χ0n) is 27.7. The van der Waals surface area contributed by atoms with Gasteiger partial charge in [0.2, 0.25) is 0 Å². The van der Waals surface area contributed by atoms with Gasteiger partial charge in [0.15, 0.2) is 0 Å². The summed E-state index contributed by atoms with van der Waals surface area (Å²) in [6, 6.07) is 52.5. The van der Waals surface area contributed by atoms with Gasteiger partial charge in [-0.15, -0.1) is 0 Å². The summed E-state index contributed by atoms with van der Waals surface area (Å²) in [6.45, 7) is 10.4. The van der Waals surface area contributed by atoms with Crippen molar-refractivity contribution >= 4 is 39.2 Å². The lowest BCUT2D eigenvalue weighted by Gasteiger charge is -2.24. The first-order valence-corrected chi connectivity index (χ1v) is 16.8. The molecule has 0 unspecified atom stereocenters. The summed E-state index contributed by atoms with van der Waals surface area (Å²) in [4.78, 5) is 4.69. The zero-order chi connectivity index (χ0) is 32.4. The number of nitrogens with one attached hydrogen (secondary N) is 1. The van der Waals surface area contributed by atoms with Crippen molar-refractivity contribution in [2.45, 2.75) is 20.8 Å². The van der Waals surface area contributed by atoms with Gasteiger partial charge < -0.3 is 19.9 Å². The molecule has 4 nitrogen and oxygen atoms in total. The van der Waals surface area contributed by atoms with Crippen LogP contribution in [0.2, 0.25) is 0 Å². The second kappa shape index (κ2) is 15.4. The molecule has 0 heterocycles. The third-order valence-electron chi connectivity index (χ3n) is 8.66. The van der Waals surface area contributed by atoms with Crippen LogP contribution >= 0.6 is 0 Å². The van der Waals surface area contributed by atoms with Crippen LogP contribution in [0, 0.1) is 5.92 Å². The number of hydrogen-bond donors (Lipinski definition) is 1. The molecule has 0 bridgehead atoms. The maximum absolute atomic E-state index is 5.60. The van der Waals surface area contributed by atoms with Crippen molar-refractivity contribution in [3.8, 4) is 0 Å². The van der Waals surface area contributed by atoms with E-state index in [1.165, 1.54) is 56.1 Å². The minimum Gasteiger partial charge on any atom is -0.381 e. The first-order chi connectivity index (χ1) is 23.2. The van der Waals surface area contributed by atoms with Gasteiger partial charge in [-0.05, 0) is 118 Å². The number of hydrogen-bond acceptors (Lipinski definition) is 4. The van der Waals surface area contributed by atoms with Gasteiger partial charge in [0.05, 0.1) is 46.3 Å². The molecule has 6 aromatic rings. The molecule has 47 heavy (non-hydrogen) atoms. The molecule has 6 rings (SSSR count). The highest BCUT2D eigenvalue weighted by Crippen LogP contribution is 2.39. The molecule has 0 aromatic heterocycles. The van der Waals surface area contributed by atoms with Crippen molar-refractivity contribution in [2.75, 3.05) is 48.0 Å². The van der Waals surface area contributed by atoms with E-state index in [0.29, 0.717) is 6.61 Å². The Labute approximate surface area is 280 Å². The second-order valence-electron chi connectivity index (χ2n) is 11.5. The number of rotatable bonds is 14. The smallest absolute Gasteiger partial charge is 0.0638 e. The van der Waals surface area contributed by atoms with E-state index in [1.54, 1.807) is 0 Å². The Morgan fingerprint density at radius 3 is 1.47 bits per heavy atom. The van der Waals surface area contributed by atoms with Crippen LogP contribution in [0.4, 0.5) is 28.4 Å². The summed E-state index contributed by atoms with van der Waals surface area (Å²) in [6.07, 6.45) is 0. The normalized spacial score (nSPS) is 11.0. The molecule has 0 radical (unpaired) electrons. The van der Waals surface area contributed by atoms with E-state index in [-0.39, 0.29) is 0 Å². The van der Waals surface area contributed by atoms with Crippen molar-refractivity contribution in [3.05, 3.63) is 168 Å². The topological polar surface area (TPSA) is 27.7 Å². The molecule has 0 saturated carbocycles. The fourth-order valence-electron chi connectivity index (χ4n) is 6.41. The van der Waals surface area contributed by atoms with Crippen LogP contribution in [0.1, 0.15) is 37.5 Å². The highest BCUT2D eigenvalue weighted by Gasteiger charge is 2.26. The fourth-order valence-corrected chi connectivity index (χ4v) is 6.41. The van der Waals surface area contributed by atoms with E-state index in [4.69, 9.17) is 4.74 Å². The summed E-state index contributed by atoms with van der Waals surface area (Å²) < 4.78 is 5.60. The molecule has 0 saturated heterocycles. The van der Waals surface area contributed by atoms with Crippen LogP contribution in [-0.4, -0.2) is 32.8 Å². The van der Waals surface area contributed by atoms with Gasteiger partial charge >= 0.3 is 0 Å². The number of fused-ring (bicyclic) bond motifs is 1. The van der Waals surface area contributed by atoms with Crippen LogP contribution in [-0.2, 0) is 4.74 Å². The quantitative estimate of drug-likeness (QED) is 0.0747. The number of nitrogens with zero attached hydrogens (tertiary/aromatic N) is 2. The number of para-hydroxylation sites is 2. The number of benzene rings is 6. The SMILES string of the molecule is CCOCCNc1ccc([C+](c2ccc(N(CC)c3ccccc3)cc2)c2ccc(N(CC)c3ccccc3)cc2)c2ccccc12. The summed E-state index contributed by atoms with van der Waals surface area (Å²) in [5.74, 6) is 1.21. The van der Waals surface area contributed by atoms with Crippen LogP contribution in [0.15, 0.2) is 146 Å². The standard InChI is InChI=1S/C43H44N3O/c1-4-45(35-15-9-7-10-16-35)37-25-21-33(22-26-37)43(34-23-27-38(28-24-34)46(5-2)36-17-11-8-12-18-36)41-29-30-42(44-31-32-47-6-3)40-20-14-13-19-39(40)41/h7-30,44H,4-6,31-32H2,1-3H3/q+1. The number of anilines is 5. The fraction of sp³-hybridized carbons (Fsp3) is 0.186. The van der Waals surface area contributed by atoms with Gasteiger partial charge in [-0.3, -0.25) is 0 Å². The van der Waals surface area contributed by atoms with Crippen LogP contribution in [0.3, 0.4) is 0 Å². The summed E-state index contributed by atoms with van der Waals surface area (Å²) in [7, 11) is 0. The van der Waals surface area contributed by atoms with Gasteiger partial charge in [0.1, 0.15) is 0 Å². The molecular formula is C43H44N3O+. The Kier molecular flexibility index (Phi) is 10.4. The lowest BCUT2D eigenvalue weighted by Crippen LogP contribution is -2.16. The molecule has 1 N–H and O–H groups in total. The van der Waals surface area contributed by atoms with Crippen molar-refractivity contribution < 1.29 is 4.74 Å². The van der Waals surface area contributed by atoms with E-state index >= 15 is 0 Å². The monoisotopic (exact) mass is 618 g/mol. The van der Waals surface area contributed by atoms with E-state index in [9.17, 15) is 0 Å². The van der Waals surface area contributed by atoms with E-state index in [2.05, 4.69) is 175 Å². The Morgan fingerprint density at radius 2 is 0.979 bits per heavy atom. The third-order valence-corrected chi connectivity index (χ3v) is 8.66. The predicted octanol–water partition coefficient (Wildman–Crippen LogP) is 10.6. The largest absolute Gasteiger partial charge is 0.381 e. The highest BCUT2D eigenvalue weighted by molar-refractivity contribution is 5.98. The first kappa shape index (κ1) is 31.8. The van der Waals surface area contributed by atoms with Gasteiger partial charge in [-0.25, -0.2) is 0 Å². The molecule has 0 atom stereocenters. The van der Waals surface area contributed by atoms with Gasteiger partial charge in [0, 0.05) is 48.4 Å². The number of ether oxygens (including phenoxy) is 1. The lowest BCUT2D eigenvalue weighted by atomic mass is 9.82. The van der Waals surface area contributed by atoms with Crippen LogP contribution in [0.25, 0.3) is 10.8 Å². The molecule has 0 aliphatic rings. The average molecular weight is 619 g/mol. The molecule has 6 aromatic carbocycles. The summed E-state index contributed by atoms with van der Waals surface area (Å²) in [5.41, 5.74) is 9.44. The lowest BCUT2D eigenvalue weighted by molar-refractivity contribution is 0.158. The Balaban J connectivity index is 1.42. The highest BCUT2D eigenvalue weighted by atomic mass is 16.5. The van der Waals surface area contributed by atoms with Gasteiger partial charge in [-0.2, -0.15) is 0 Å². The molecule has 0 spiro atoms. The minimum absolute atomic E-state index is 0.679. The third kappa shape index (κ3) is 7.14. The molecule has 236 valence electrons. The van der Waals surface area contributed by atoms with Crippen molar-refractivity contribution in [1.29, 1.82) is 0 Å². The molecule has 0 aliphatic heterocycles. The van der Waals surface area contributed by atoms with Crippen molar-refractivity contribution in [3.63, 3.8) is 0 Å². The molecule has 4 heteroatoms. The van der Waals surface area contributed by atoms with Gasteiger partial charge in [-0.1, -0.05) is 48.5 Å². The van der Waals surface area contributed by atoms with Gasteiger partial charge in [0.25, 0.3) is 0 Å². The van der Waals surface area contributed by atoms with Crippen molar-refractivity contribution in [1.82, 2.24) is 0 Å². The molecule has 0 amide bonds. The van der Waals surface area contributed by atoms with E-state index in [1.807, 2.05) is 6.92 Å².